The molecule has 7 heteroatoms. The van der Waals surface area contributed by atoms with E-state index in [2.05, 4.69) is 0 Å². The average Bonchev–Trinajstić information content (AvgIpc) is 0.722. The molecule has 0 saturated heterocycles. The monoisotopic (exact) mass is 173 g/mol. The summed E-state index contributed by atoms with van der Waals surface area (Å²) in [5.74, 6) is 0. The molecule has 0 aliphatic heterocycles. The van der Waals surface area contributed by atoms with Gasteiger partial charge < -0.3 is 34.4 Å². The standard InChI is InChI=1S/Cu.H3N.O4Si/c;;1-5(2,3)4/h;1H3;/q+3;;-4/p+1. The van der Waals surface area contributed by atoms with Crippen molar-refractivity contribution in [1.82, 2.24) is 6.15 Å². The Balaban J connectivity index is -0.0000000800. The van der Waals surface area contributed by atoms with Crippen LogP contribution < -0.4 is 25.3 Å². The van der Waals surface area contributed by atoms with E-state index in [9.17, 15) is 0 Å². The Hall–Kier alpha value is 0.536. The Morgan fingerprint density at radius 2 is 0.857 bits per heavy atom. The first kappa shape index (κ1) is 15.6. The van der Waals surface area contributed by atoms with E-state index in [1.807, 2.05) is 0 Å². The van der Waals surface area contributed by atoms with Crippen LogP contribution in [0.1, 0.15) is 0 Å². The van der Waals surface area contributed by atoms with Crippen LogP contribution in [0.4, 0.5) is 0 Å². The third-order valence-electron chi connectivity index (χ3n) is 0. The summed E-state index contributed by atoms with van der Waals surface area (Å²) in [5, 5.41) is 0. The van der Waals surface area contributed by atoms with Crippen molar-refractivity contribution in [2.45, 2.75) is 0 Å². The molecule has 0 unspecified atom stereocenters. The topological polar surface area (TPSA) is 129 Å². The van der Waals surface area contributed by atoms with E-state index in [0.29, 0.717) is 0 Å². The van der Waals surface area contributed by atoms with Crippen molar-refractivity contribution in [1.29, 1.82) is 0 Å². The molecule has 0 radical (unpaired) electrons. The molecule has 0 aromatic carbocycles. The molecule has 0 heterocycles. The number of hydrogen-bond donors (Lipinski definition) is 1. The maximum absolute atomic E-state index is 8.58. The van der Waals surface area contributed by atoms with Gasteiger partial charge >= 0.3 is 17.1 Å². The van der Waals surface area contributed by atoms with Gasteiger partial charge in [-0.05, 0) is 0 Å². The van der Waals surface area contributed by atoms with Gasteiger partial charge in [0.25, 0.3) is 0 Å². The van der Waals surface area contributed by atoms with Crippen LogP contribution in [0, 0.1) is 0 Å². The van der Waals surface area contributed by atoms with Crippen molar-refractivity contribution in [3.05, 3.63) is 0 Å². The molecule has 0 saturated carbocycles. The molecule has 0 aromatic rings. The van der Waals surface area contributed by atoms with Crippen LogP contribution in [0.15, 0.2) is 0 Å². The number of rotatable bonds is 0. The number of hydrogen-bond acceptors (Lipinski definition) is 4. The zero-order valence-electron chi connectivity index (χ0n) is 3.43. The first-order chi connectivity index (χ1) is 2.00. The van der Waals surface area contributed by atoms with Gasteiger partial charge in [-0.25, -0.2) is 0 Å². The van der Waals surface area contributed by atoms with Crippen LogP contribution >= 0.6 is 0 Å². The number of quaternary nitrogens is 1. The summed E-state index contributed by atoms with van der Waals surface area (Å²) in [6.45, 7) is 0. The van der Waals surface area contributed by atoms with Crippen molar-refractivity contribution < 1.29 is 36.3 Å². The molecular formula is H4CuNO4Si. The van der Waals surface area contributed by atoms with E-state index in [-0.39, 0.29) is 23.2 Å². The van der Waals surface area contributed by atoms with Gasteiger partial charge in [0.1, 0.15) is 0 Å². The second kappa shape index (κ2) is 4.69. The van der Waals surface area contributed by atoms with Crippen molar-refractivity contribution in [3.63, 3.8) is 0 Å². The van der Waals surface area contributed by atoms with E-state index in [4.69, 9.17) is 19.2 Å². The minimum atomic E-state index is -5.61. The van der Waals surface area contributed by atoms with Gasteiger partial charge in [-0.2, -0.15) is 0 Å². The van der Waals surface area contributed by atoms with Gasteiger partial charge in [0.15, 0.2) is 0 Å². The minimum Gasteiger partial charge on any atom is -0.894 e. The predicted octanol–water partition coefficient (Wildman–Crippen LogP) is -4.76. The summed E-state index contributed by atoms with van der Waals surface area (Å²) in [6.07, 6.45) is 0. The zero-order chi connectivity index (χ0) is 4.50. The second-order valence-electron chi connectivity index (χ2n) is 0.500. The summed E-state index contributed by atoms with van der Waals surface area (Å²) in [4.78, 5) is 34.3. The minimum absolute atomic E-state index is 0. The smallest absolute Gasteiger partial charge is 0.894 e. The molecule has 5 nitrogen and oxygen atoms in total. The van der Waals surface area contributed by atoms with Gasteiger partial charge in [-0.15, -0.1) is 0 Å². The largest absolute Gasteiger partial charge is 3.00 e. The fourth-order valence-electron chi connectivity index (χ4n) is 0. The Morgan fingerprint density at radius 3 is 0.857 bits per heavy atom. The fourth-order valence-corrected chi connectivity index (χ4v) is 0. The molecule has 0 rings (SSSR count). The van der Waals surface area contributed by atoms with Crippen LogP contribution in [0.3, 0.4) is 0 Å². The maximum Gasteiger partial charge on any atom is 3.00 e. The third kappa shape index (κ3) is 468. The first-order valence-electron chi connectivity index (χ1n) is 0.816. The molecule has 48 valence electrons. The Kier molecular flexibility index (Phi) is 10.5. The molecule has 0 aliphatic rings. The van der Waals surface area contributed by atoms with E-state index in [0.717, 1.165) is 0 Å². The average molecular weight is 174 g/mol. The van der Waals surface area contributed by atoms with E-state index in [1.165, 1.54) is 0 Å². The summed E-state index contributed by atoms with van der Waals surface area (Å²) in [7, 11) is -5.61. The molecular weight excluding hydrogens is 170 g/mol. The quantitative estimate of drug-likeness (QED) is 0.369. The Labute approximate surface area is 52.2 Å². The zero-order valence-corrected chi connectivity index (χ0v) is 5.38. The van der Waals surface area contributed by atoms with Crippen molar-refractivity contribution in [2.24, 2.45) is 0 Å². The van der Waals surface area contributed by atoms with Crippen LogP contribution in [0.2, 0.25) is 0 Å². The maximum atomic E-state index is 8.58. The van der Waals surface area contributed by atoms with Crippen LogP contribution in [-0.4, -0.2) is 9.05 Å². The first-order valence-corrected chi connectivity index (χ1v) is 2.45. The Morgan fingerprint density at radius 1 is 0.857 bits per heavy atom. The molecule has 0 aliphatic carbocycles. The van der Waals surface area contributed by atoms with Crippen LogP contribution in [0.5, 0.6) is 0 Å². The summed E-state index contributed by atoms with van der Waals surface area (Å²) in [6, 6.07) is 0. The molecule has 0 spiro atoms. The van der Waals surface area contributed by atoms with Crippen molar-refractivity contribution >= 4 is 9.05 Å². The van der Waals surface area contributed by atoms with Crippen molar-refractivity contribution in [3.8, 4) is 0 Å². The predicted molar refractivity (Wildman–Crippen MR) is 11.7 cm³/mol. The van der Waals surface area contributed by atoms with Gasteiger partial charge in [-0.1, -0.05) is 0 Å². The van der Waals surface area contributed by atoms with E-state index < -0.39 is 9.05 Å². The van der Waals surface area contributed by atoms with Crippen LogP contribution in [0.25, 0.3) is 0 Å². The van der Waals surface area contributed by atoms with Gasteiger partial charge in [0.05, 0.1) is 0 Å². The normalized spacial score (nSPS) is 8.57. The summed E-state index contributed by atoms with van der Waals surface area (Å²) in [5.41, 5.74) is 0. The molecule has 0 fully saturated rings. The Bertz CT molecular complexity index is 27.2. The molecule has 4 N–H and O–H groups in total. The molecule has 0 amide bonds. The molecule has 7 heavy (non-hydrogen) atoms. The van der Waals surface area contributed by atoms with E-state index in [1.54, 1.807) is 0 Å². The van der Waals surface area contributed by atoms with Crippen LogP contribution in [-0.2, 0) is 17.1 Å². The SMILES string of the molecule is [Cu+3].[NH4+].[O-][Si]([O-])([O-])[O-]. The third-order valence-corrected chi connectivity index (χ3v) is 0. The molecule has 0 bridgehead atoms. The van der Waals surface area contributed by atoms with Gasteiger partial charge in [-0.3, -0.25) is 0 Å². The van der Waals surface area contributed by atoms with E-state index >= 15 is 0 Å². The van der Waals surface area contributed by atoms with Gasteiger partial charge in [0.2, 0.25) is 0 Å². The second-order valence-corrected chi connectivity index (χ2v) is 1.50. The summed E-state index contributed by atoms with van der Waals surface area (Å²) >= 11 is 0. The summed E-state index contributed by atoms with van der Waals surface area (Å²) < 4.78 is 0. The molecule has 0 atom stereocenters. The molecule has 0 aromatic heterocycles. The fraction of sp³-hybridized carbons (Fsp3) is 0. The van der Waals surface area contributed by atoms with Crippen molar-refractivity contribution in [2.75, 3.05) is 0 Å². The van der Waals surface area contributed by atoms with Gasteiger partial charge in [0, 0.05) is 0 Å².